The molecule has 1 aromatic carbocycles. The number of hydrogen-bond donors (Lipinski definition) is 1. The summed E-state index contributed by atoms with van der Waals surface area (Å²) in [4.78, 5) is 9.59. The van der Waals surface area contributed by atoms with Gasteiger partial charge in [0.15, 0.2) is 0 Å². The van der Waals surface area contributed by atoms with Crippen LogP contribution in [-0.2, 0) is 14.9 Å². The highest BCUT2D eigenvalue weighted by molar-refractivity contribution is 5.65. The van der Waals surface area contributed by atoms with Gasteiger partial charge in [-0.2, -0.15) is 0 Å². The smallest absolute Gasteiger partial charge is 0.302 e. The van der Waals surface area contributed by atoms with Crippen LogP contribution in [0.15, 0.2) is 24.3 Å². The number of carbonyl (C=O) groups excluding carboxylic acids is 1. The highest BCUT2D eigenvalue weighted by atomic mass is 16.5. The van der Waals surface area contributed by atoms with Crippen molar-refractivity contribution in [3.8, 4) is 5.75 Å². The predicted molar refractivity (Wildman–Crippen MR) is 64.5 cm³/mol. The van der Waals surface area contributed by atoms with E-state index in [0.717, 1.165) is 5.56 Å². The zero-order valence-corrected chi connectivity index (χ0v) is 10.6. The zero-order chi connectivity index (χ0) is 12.8. The van der Waals surface area contributed by atoms with Gasteiger partial charge in [0.1, 0.15) is 5.75 Å². The molecule has 3 nitrogen and oxygen atoms in total. The zero-order valence-electron chi connectivity index (χ0n) is 10.6. The van der Waals surface area contributed by atoms with Crippen molar-refractivity contribution in [2.45, 2.75) is 33.1 Å². The molecule has 0 aromatic heterocycles. The lowest BCUT2D eigenvalue weighted by atomic mass is 9.86. The van der Waals surface area contributed by atoms with Gasteiger partial charge in [-0.3, -0.25) is 4.79 Å². The third-order valence-electron chi connectivity index (χ3n) is 2.00. The Morgan fingerprint density at radius 1 is 1.25 bits per heavy atom. The molecule has 0 bridgehead atoms. The molecule has 1 aromatic rings. The van der Waals surface area contributed by atoms with E-state index in [0.29, 0.717) is 5.75 Å². The molecule has 0 saturated heterocycles. The third kappa shape index (κ3) is 5.39. The maximum Gasteiger partial charge on any atom is 0.302 e. The number of hydrogen-bond acceptors (Lipinski definition) is 3. The van der Waals surface area contributed by atoms with Crippen LogP contribution in [0.2, 0.25) is 0 Å². The van der Waals surface area contributed by atoms with E-state index in [2.05, 4.69) is 25.5 Å². The number of ether oxygens (including phenoxy) is 1. The molecule has 3 heteroatoms. The quantitative estimate of drug-likeness (QED) is 0.689. The molecule has 1 N–H and O–H groups in total. The van der Waals surface area contributed by atoms with E-state index in [1.165, 1.54) is 14.0 Å². The Hall–Kier alpha value is -1.51. The summed E-state index contributed by atoms with van der Waals surface area (Å²) in [5, 5.41) is 9.45. The fourth-order valence-electron chi connectivity index (χ4n) is 1.11. The van der Waals surface area contributed by atoms with E-state index in [9.17, 15) is 9.90 Å². The third-order valence-corrected chi connectivity index (χ3v) is 2.00. The van der Waals surface area contributed by atoms with Crippen LogP contribution in [0, 0.1) is 0 Å². The molecule has 0 saturated carbocycles. The number of phenols is 1. The second kappa shape index (κ2) is 6.16. The lowest BCUT2D eigenvalue weighted by Crippen LogP contribution is -2.10. The molecular weight excluding hydrogens is 204 g/mol. The molecular formula is C13H20O3. The fraction of sp³-hybridized carbons (Fsp3) is 0.462. The number of esters is 1. The molecule has 16 heavy (non-hydrogen) atoms. The number of rotatable bonds is 0. The van der Waals surface area contributed by atoms with Crippen molar-refractivity contribution in [2.24, 2.45) is 0 Å². The molecule has 0 spiro atoms. The van der Waals surface area contributed by atoms with Crippen LogP contribution in [0.5, 0.6) is 5.75 Å². The van der Waals surface area contributed by atoms with Crippen LogP contribution in [-0.4, -0.2) is 18.2 Å². The van der Waals surface area contributed by atoms with Crippen LogP contribution in [0.4, 0.5) is 0 Å². The number of phenolic OH excluding ortho intramolecular Hbond substituents is 1. The van der Waals surface area contributed by atoms with Gasteiger partial charge in [0.2, 0.25) is 0 Å². The Morgan fingerprint density at radius 2 is 1.69 bits per heavy atom. The minimum Gasteiger partial charge on any atom is -0.508 e. The Bertz CT molecular complexity index is 337. The predicted octanol–water partition coefficient (Wildman–Crippen LogP) is 2.87. The van der Waals surface area contributed by atoms with Gasteiger partial charge < -0.3 is 9.84 Å². The largest absolute Gasteiger partial charge is 0.508 e. The van der Waals surface area contributed by atoms with E-state index >= 15 is 0 Å². The highest BCUT2D eigenvalue weighted by Crippen LogP contribution is 2.29. The molecule has 0 unspecified atom stereocenters. The Balaban J connectivity index is 0.000000385. The monoisotopic (exact) mass is 224 g/mol. The maximum atomic E-state index is 9.59. The van der Waals surface area contributed by atoms with Crippen LogP contribution < -0.4 is 0 Å². The van der Waals surface area contributed by atoms with Crippen molar-refractivity contribution < 1.29 is 14.6 Å². The molecule has 0 aliphatic rings. The van der Waals surface area contributed by atoms with Crippen molar-refractivity contribution in [3.05, 3.63) is 29.8 Å². The first kappa shape index (κ1) is 14.5. The van der Waals surface area contributed by atoms with E-state index in [1.807, 2.05) is 18.2 Å². The fourth-order valence-corrected chi connectivity index (χ4v) is 1.11. The van der Waals surface area contributed by atoms with Crippen molar-refractivity contribution in [2.75, 3.05) is 7.11 Å². The number of benzene rings is 1. The number of para-hydroxylation sites is 1. The summed E-state index contributed by atoms with van der Waals surface area (Å²) in [5.74, 6) is 0.144. The molecule has 0 aliphatic carbocycles. The summed E-state index contributed by atoms with van der Waals surface area (Å²) >= 11 is 0. The number of carbonyl (C=O) groups is 1. The first-order chi connectivity index (χ1) is 7.29. The summed E-state index contributed by atoms with van der Waals surface area (Å²) in [7, 11) is 1.35. The SMILES string of the molecule is CC(C)(C)c1ccccc1O.COC(C)=O. The maximum absolute atomic E-state index is 9.59. The molecule has 0 heterocycles. The minimum absolute atomic E-state index is 0.0331. The second-order valence-electron chi connectivity index (χ2n) is 4.46. The van der Waals surface area contributed by atoms with Gasteiger partial charge in [0, 0.05) is 6.92 Å². The normalized spacial score (nSPS) is 10.1. The molecule has 0 aliphatic heterocycles. The van der Waals surface area contributed by atoms with E-state index in [-0.39, 0.29) is 11.4 Å². The highest BCUT2D eigenvalue weighted by Gasteiger charge is 2.16. The number of aromatic hydroxyl groups is 1. The van der Waals surface area contributed by atoms with Gasteiger partial charge in [-0.15, -0.1) is 0 Å². The summed E-state index contributed by atoms with van der Waals surface area (Å²) in [6.45, 7) is 7.62. The molecule has 90 valence electrons. The first-order valence-corrected chi connectivity index (χ1v) is 5.12. The molecule has 0 radical (unpaired) electrons. The minimum atomic E-state index is -0.245. The van der Waals surface area contributed by atoms with E-state index in [1.54, 1.807) is 6.07 Å². The molecule has 0 fully saturated rings. The van der Waals surface area contributed by atoms with Gasteiger partial charge in [0.25, 0.3) is 0 Å². The van der Waals surface area contributed by atoms with Crippen LogP contribution >= 0.6 is 0 Å². The summed E-state index contributed by atoms with van der Waals surface area (Å²) in [5.41, 5.74) is 1.03. The van der Waals surface area contributed by atoms with Crippen molar-refractivity contribution in [1.29, 1.82) is 0 Å². The average Bonchev–Trinajstić information content (AvgIpc) is 2.17. The van der Waals surface area contributed by atoms with Gasteiger partial charge in [-0.1, -0.05) is 39.0 Å². The lowest BCUT2D eigenvalue weighted by Gasteiger charge is -2.19. The first-order valence-electron chi connectivity index (χ1n) is 5.12. The van der Waals surface area contributed by atoms with Crippen LogP contribution in [0.25, 0.3) is 0 Å². The summed E-state index contributed by atoms with van der Waals surface area (Å²) in [6, 6.07) is 7.46. The number of methoxy groups -OCH3 is 1. The second-order valence-corrected chi connectivity index (χ2v) is 4.46. The topological polar surface area (TPSA) is 46.5 Å². The Morgan fingerprint density at radius 3 is 1.94 bits per heavy atom. The van der Waals surface area contributed by atoms with Gasteiger partial charge in [-0.25, -0.2) is 0 Å². The summed E-state index contributed by atoms with van der Waals surface area (Å²) in [6.07, 6.45) is 0. The van der Waals surface area contributed by atoms with Gasteiger partial charge >= 0.3 is 5.97 Å². The van der Waals surface area contributed by atoms with Gasteiger partial charge in [0.05, 0.1) is 7.11 Å². The Labute approximate surface area is 97.1 Å². The van der Waals surface area contributed by atoms with Crippen molar-refractivity contribution in [3.63, 3.8) is 0 Å². The lowest BCUT2D eigenvalue weighted by molar-refractivity contribution is -0.137. The van der Waals surface area contributed by atoms with Crippen LogP contribution in [0.3, 0.4) is 0 Å². The van der Waals surface area contributed by atoms with Crippen molar-refractivity contribution >= 4 is 5.97 Å². The summed E-state index contributed by atoms with van der Waals surface area (Å²) < 4.78 is 4.11. The van der Waals surface area contributed by atoms with Gasteiger partial charge in [-0.05, 0) is 17.0 Å². The average molecular weight is 224 g/mol. The van der Waals surface area contributed by atoms with E-state index < -0.39 is 0 Å². The van der Waals surface area contributed by atoms with Crippen molar-refractivity contribution in [1.82, 2.24) is 0 Å². The van der Waals surface area contributed by atoms with Crippen LogP contribution in [0.1, 0.15) is 33.3 Å². The standard InChI is InChI=1S/C10H14O.C3H6O2/c1-10(2,3)8-6-4-5-7-9(8)11;1-3(4)5-2/h4-7,11H,1-3H3;1-2H3. The van der Waals surface area contributed by atoms with E-state index in [4.69, 9.17) is 0 Å². The molecule has 0 atom stereocenters. The molecule has 1 rings (SSSR count). The molecule has 0 amide bonds. The Kier molecular flexibility index (Phi) is 5.57.